The van der Waals surface area contributed by atoms with Crippen LogP contribution >= 0.6 is 11.6 Å². The molecule has 1 aliphatic heterocycles. The Bertz CT molecular complexity index is 1470. The summed E-state index contributed by atoms with van der Waals surface area (Å²) < 4.78 is 3.01. The Kier molecular flexibility index (Phi) is 8.66. The lowest BCUT2D eigenvalue weighted by molar-refractivity contribution is -0.136. The SMILES string of the molecule is C=CC(=O)c1cc(C(=O)NCCCCC(=O)N2CCC(O)(Cn3cnc4cc(Cl)ccc4c3=O)CC2)n(C)c1. The van der Waals surface area contributed by atoms with Crippen LogP contribution in [0.4, 0.5) is 0 Å². The van der Waals surface area contributed by atoms with Crippen molar-refractivity contribution in [1.82, 2.24) is 24.3 Å². The van der Waals surface area contributed by atoms with Crippen LogP contribution in [0.1, 0.15) is 53.0 Å². The highest BCUT2D eigenvalue weighted by molar-refractivity contribution is 6.31. The molecule has 4 rings (SSSR count). The number of carbonyl (C=O) groups excluding carboxylic acids is 3. The number of hydrogen-bond acceptors (Lipinski definition) is 6. The zero-order valence-electron chi connectivity index (χ0n) is 21.9. The number of fused-ring (bicyclic) bond motifs is 1. The predicted octanol–water partition coefficient (Wildman–Crippen LogP) is 2.71. The van der Waals surface area contributed by atoms with Crippen molar-refractivity contribution < 1.29 is 19.5 Å². The number of aliphatic hydroxyl groups is 1. The van der Waals surface area contributed by atoms with E-state index in [1.807, 2.05) is 0 Å². The molecule has 0 aliphatic carbocycles. The third-order valence-electron chi connectivity index (χ3n) is 7.11. The second-order valence-corrected chi connectivity index (χ2v) is 10.4. The first-order valence-corrected chi connectivity index (χ1v) is 13.2. The normalized spacial score (nSPS) is 14.8. The van der Waals surface area contributed by atoms with Crippen LogP contribution in [0.2, 0.25) is 5.02 Å². The molecule has 0 atom stereocenters. The number of nitrogens with one attached hydrogen (secondary N) is 1. The molecule has 2 amide bonds. The summed E-state index contributed by atoms with van der Waals surface area (Å²) in [6.45, 7) is 4.76. The zero-order chi connectivity index (χ0) is 28.2. The number of aromatic nitrogens is 3. The molecule has 1 fully saturated rings. The van der Waals surface area contributed by atoms with Crippen LogP contribution in [0, 0.1) is 0 Å². The molecule has 3 aromatic rings. The maximum atomic E-state index is 12.8. The molecular weight excluding hydrogens is 522 g/mol. The summed E-state index contributed by atoms with van der Waals surface area (Å²) in [6, 6.07) is 6.42. The van der Waals surface area contributed by atoms with Crippen LogP contribution in [-0.4, -0.2) is 67.0 Å². The fraction of sp³-hybridized carbons (Fsp3) is 0.393. The fourth-order valence-electron chi connectivity index (χ4n) is 4.79. The molecule has 1 aromatic carbocycles. The summed E-state index contributed by atoms with van der Waals surface area (Å²) in [4.78, 5) is 55.7. The molecule has 0 unspecified atom stereocenters. The van der Waals surface area contributed by atoms with Crippen LogP contribution in [0.3, 0.4) is 0 Å². The van der Waals surface area contributed by atoms with Gasteiger partial charge in [-0.05, 0) is 56.0 Å². The molecule has 10 nitrogen and oxygen atoms in total. The Labute approximate surface area is 230 Å². The molecule has 3 heterocycles. The largest absolute Gasteiger partial charge is 0.388 e. The van der Waals surface area contributed by atoms with Crippen molar-refractivity contribution in [3.8, 4) is 0 Å². The number of carbonyl (C=O) groups is 3. The quantitative estimate of drug-likeness (QED) is 0.226. The van der Waals surface area contributed by atoms with Gasteiger partial charge in [-0.25, -0.2) is 4.98 Å². The fourth-order valence-corrected chi connectivity index (χ4v) is 4.95. The van der Waals surface area contributed by atoms with E-state index in [9.17, 15) is 24.3 Å². The number of benzene rings is 1. The summed E-state index contributed by atoms with van der Waals surface area (Å²) in [6.07, 6.45) is 6.50. The molecule has 0 saturated carbocycles. The summed E-state index contributed by atoms with van der Waals surface area (Å²) in [7, 11) is 1.69. The number of aryl methyl sites for hydroxylation is 1. The number of hydrogen-bond donors (Lipinski definition) is 2. The minimum Gasteiger partial charge on any atom is -0.388 e. The van der Waals surface area contributed by atoms with Gasteiger partial charge in [0.15, 0.2) is 5.78 Å². The number of unbranched alkanes of at least 4 members (excludes halogenated alkanes) is 1. The van der Waals surface area contributed by atoms with Crippen molar-refractivity contribution in [2.24, 2.45) is 7.05 Å². The molecular formula is C28H32ClN5O5. The second-order valence-electron chi connectivity index (χ2n) is 9.95. The van der Waals surface area contributed by atoms with E-state index in [-0.39, 0.29) is 29.7 Å². The first-order chi connectivity index (χ1) is 18.6. The van der Waals surface area contributed by atoms with Crippen molar-refractivity contribution in [2.45, 2.75) is 44.2 Å². The van der Waals surface area contributed by atoms with E-state index >= 15 is 0 Å². The summed E-state index contributed by atoms with van der Waals surface area (Å²) in [5.74, 6) is -0.531. The van der Waals surface area contributed by atoms with E-state index in [1.54, 1.807) is 40.9 Å². The number of ketones is 1. The number of rotatable bonds is 10. The Hall–Kier alpha value is -3.76. The van der Waals surface area contributed by atoms with Gasteiger partial charge in [-0.1, -0.05) is 18.2 Å². The molecule has 1 saturated heterocycles. The Balaban J connectivity index is 1.20. The van der Waals surface area contributed by atoms with Crippen LogP contribution in [0.5, 0.6) is 0 Å². The highest BCUT2D eigenvalue weighted by atomic mass is 35.5. The van der Waals surface area contributed by atoms with Crippen molar-refractivity contribution >= 4 is 40.1 Å². The number of allylic oxidation sites excluding steroid dienone is 1. The average molecular weight is 554 g/mol. The van der Waals surface area contributed by atoms with Gasteiger partial charge in [0.1, 0.15) is 5.69 Å². The average Bonchev–Trinajstić information content (AvgIpc) is 3.31. The van der Waals surface area contributed by atoms with Crippen LogP contribution in [-0.2, 0) is 18.4 Å². The summed E-state index contributed by atoms with van der Waals surface area (Å²) in [5, 5.41) is 14.9. The lowest BCUT2D eigenvalue weighted by Crippen LogP contribution is -2.49. The Morgan fingerprint density at radius 1 is 1.21 bits per heavy atom. The highest BCUT2D eigenvalue weighted by Gasteiger charge is 2.34. The van der Waals surface area contributed by atoms with E-state index < -0.39 is 5.60 Å². The van der Waals surface area contributed by atoms with Crippen molar-refractivity contribution in [3.05, 3.63) is 76.1 Å². The van der Waals surface area contributed by atoms with Gasteiger partial charge in [0.05, 0.1) is 29.4 Å². The number of amides is 2. The maximum absolute atomic E-state index is 12.8. The van der Waals surface area contributed by atoms with Gasteiger partial charge in [0.2, 0.25) is 5.91 Å². The van der Waals surface area contributed by atoms with Crippen molar-refractivity contribution in [2.75, 3.05) is 19.6 Å². The molecule has 39 heavy (non-hydrogen) atoms. The summed E-state index contributed by atoms with van der Waals surface area (Å²) >= 11 is 5.98. The first kappa shape index (κ1) is 28.3. The molecule has 206 valence electrons. The monoisotopic (exact) mass is 553 g/mol. The smallest absolute Gasteiger partial charge is 0.267 e. The second kappa shape index (κ2) is 12.0. The lowest BCUT2D eigenvalue weighted by Gasteiger charge is -2.38. The van der Waals surface area contributed by atoms with E-state index in [2.05, 4.69) is 16.9 Å². The minimum absolute atomic E-state index is 0.000178. The molecule has 0 spiro atoms. The molecule has 0 radical (unpaired) electrons. The number of nitrogens with zero attached hydrogens (tertiary/aromatic N) is 4. The Morgan fingerprint density at radius 2 is 1.95 bits per heavy atom. The van der Waals surface area contributed by atoms with Gasteiger partial charge in [0, 0.05) is 49.9 Å². The number of piperidine rings is 1. The zero-order valence-corrected chi connectivity index (χ0v) is 22.6. The maximum Gasteiger partial charge on any atom is 0.267 e. The van der Waals surface area contributed by atoms with Crippen molar-refractivity contribution in [3.63, 3.8) is 0 Å². The van der Waals surface area contributed by atoms with Gasteiger partial charge in [0.25, 0.3) is 11.5 Å². The van der Waals surface area contributed by atoms with Gasteiger partial charge in [-0.2, -0.15) is 0 Å². The predicted molar refractivity (Wildman–Crippen MR) is 148 cm³/mol. The van der Waals surface area contributed by atoms with E-state index in [4.69, 9.17) is 11.6 Å². The van der Waals surface area contributed by atoms with Gasteiger partial charge in [-0.3, -0.25) is 23.7 Å². The number of halogens is 1. The minimum atomic E-state index is -1.11. The third-order valence-corrected chi connectivity index (χ3v) is 7.34. The van der Waals surface area contributed by atoms with Crippen molar-refractivity contribution in [1.29, 1.82) is 0 Å². The molecule has 11 heteroatoms. The standard InChI is InChI=1S/C28H32ClN5O5/c1-3-24(35)19-14-23(32(2)16-19)26(37)30-11-5-4-6-25(36)33-12-9-28(39,10-13-33)17-34-18-31-22-15-20(29)7-8-21(22)27(34)38/h3,7-8,14-16,18,39H,1,4-6,9-13,17H2,2H3,(H,30,37). The van der Waals surface area contributed by atoms with E-state index in [0.29, 0.717) is 78.9 Å². The summed E-state index contributed by atoms with van der Waals surface area (Å²) in [5.41, 5.74) is -0.0654. The molecule has 0 bridgehead atoms. The topological polar surface area (TPSA) is 127 Å². The molecule has 2 aromatic heterocycles. The van der Waals surface area contributed by atoms with Gasteiger partial charge >= 0.3 is 0 Å². The van der Waals surface area contributed by atoms with Crippen LogP contribution in [0.25, 0.3) is 10.9 Å². The Morgan fingerprint density at radius 3 is 2.67 bits per heavy atom. The van der Waals surface area contributed by atoms with Crippen LogP contribution < -0.4 is 10.9 Å². The van der Waals surface area contributed by atoms with Crippen LogP contribution in [0.15, 0.2) is 54.2 Å². The number of likely N-dealkylation sites (tertiary alicyclic amines) is 1. The molecule has 2 N–H and O–H groups in total. The van der Waals surface area contributed by atoms with E-state index in [1.165, 1.54) is 23.0 Å². The van der Waals surface area contributed by atoms with Gasteiger partial charge in [-0.15, -0.1) is 0 Å². The van der Waals surface area contributed by atoms with E-state index in [0.717, 1.165) is 0 Å². The van der Waals surface area contributed by atoms with Gasteiger partial charge < -0.3 is 19.9 Å². The first-order valence-electron chi connectivity index (χ1n) is 12.9. The highest BCUT2D eigenvalue weighted by Crippen LogP contribution is 2.25. The molecule has 1 aliphatic rings. The third kappa shape index (κ3) is 6.63. The lowest BCUT2D eigenvalue weighted by atomic mass is 9.91.